The molecule has 2 aromatic rings. The fraction of sp³-hybridized carbons (Fsp3) is 0.409. The van der Waals surface area contributed by atoms with Gasteiger partial charge in [-0.1, -0.05) is 42.8 Å². The molecule has 0 aromatic heterocycles. The van der Waals surface area contributed by atoms with Crippen LogP contribution in [0.15, 0.2) is 36.4 Å². The minimum Gasteiger partial charge on any atom is -0.480 e. The zero-order chi connectivity index (χ0) is 18.6. The smallest absolute Gasteiger partial charge is 0.261 e. The molecule has 0 radical (unpaired) electrons. The van der Waals surface area contributed by atoms with E-state index in [9.17, 15) is 4.79 Å². The second kappa shape index (κ2) is 8.19. The Labute approximate surface area is 151 Å². The summed E-state index contributed by atoms with van der Waals surface area (Å²) in [4.78, 5) is 12.7. The molecule has 0 aliphatic carbocycles. The van der Waals surface area contributed by atoms with Crippen molar-refractivity contribution in [2.24, 2.45) is 0 Å². The lowest BCUT2D eigenvalue weighted by molar-refractivity contribution is -0.128. The number of rotatable bonds is 6. The van der Waals surface area contributed by atoms with Gasteiger partial charge in [-0.25, -0.2) is 0 Å². The van der Waals surface area contributed by atoms with E-state index in [-0.39, 0.29) is 11.9 Å². The van der Waals surface area contributed by atoms with E-state index in [0.717, 1.165) is 22.4 Å². The first kappa shape index (κ1) is 19.0. The van der Waals surface area contributed by atoms with Crippen LogP contribution in [0.4, 0.5) is 0 Å². The molecule has 0 saturated heterocycles. The van der Waals surface area contributed by atoms with Crippen molar-refractivity contribution in [3.05, 3.63) is 64.2 Å². The van der Waals surface area contributed by atoms with Crippen molar-refractivity contribution in [3.63, 3.8) is 0 Å². The lowest BCUT2D eigenvalue weighted by atomic mass is 10.00. The maximum absolute atomic E-state index is 12.7. The van der Waals surface area contributed by atoms with Crippen molar-refractivity contribution in [1.29, 1.82) is 0 Å². The molecule has 0 unspecified atom stereocenters. The number of carbonyl (C=O) groups excluding carboxylic acids is 1. The molecule has 0 spiro atoms. The quantitative estimate of drug-likeness (QED) is 0.808. The van der Waals surface area contributed by atoms with Crippen molar-refractivity contribution in [1.82, 2.24) is 5.32 Å². The Morgan fingerprint density at radius 1 is 1.08 bits per heavy atom. The molecule has 0 aliphatic rings. The Hall–Kier alpha value is -2.29. The standard InChI is InChI=1S/C22H29NO2/c1-7-20(25-21-10-8-9-15(3)17(21)5)22(24)23-18(6)19-12-11-14(2)13-16(19)4/h8-13,18,20H,7H2,1-6H3,(H,23,24)/t18-,20-/m0/s1. The molecule has 2 aromatic carbocycles. The van der Waals surface area contributed by atoms with Crippen LogP contribution in [0.1, 0.15) is 54.1 Å². The molecule has 0 heterocycles. The zero-order valence-corrected chi connectivity index (χ0v) is 16.1. The maximum Gasteiger partial charge on any atom is 0.261 e. The summed E-state index contributed by atoms with van der Waals surface area (Å²) < 4.78 is 6.01. The molecule has 2 rings (SSSR count). The summed E-state index contributed by atoms with van der Waals surface area (Å²) in [6.45, 7) is 12.2. The van der Waals surface area contributed by atoms with Gasteiger partial charge in [-0.3, -0.25) is 4.79 Å². The summed E-state index contributed by atoms with van der Waals surface area (Å²) in [6, 6.07) is 12.2. The topological polar surface area (TPSA) is 38.3 Å². The van der Waals surface area contributed by atoms with Crippen LogP contribution in [0.5, 0.6) is 5.75 Å². The molecule has 3 heteroatoms. The molecule has 0 aliphatic heterocycles. The predicted molar refractivity (Wildman–Crippen MR) is 103 cm³/mol. The molecule has 1 amide bonds. The maximum atomic E-state index is 12.7. The second-order valence-electron chi connectivity index (χ2n) is 6.80. The average molecular weight is 339 g/mol. The molecule has 0 saturated carbocycles. The first-order valence-electron chi connectivity index (χ1n) is 8.93. The normalized spacial score (nSPS) is 13.2. The van der Waals surface area contributed by atoms with Crippen molar-refractivity contribution in [2.75, 3.05) is 0 Å². The molecule has 25 heavy (non-hydrogen) atoms. The molecule has 0 bridgehead atoms. The van der Waals surface area contributed by atoms with Gasteiger partial charge in [0, 0.05) is 0 Å². The molecule has 134 valence electrons. The highest BCUT2D eigenvalue weighted by Crippen LogP contribution is 2.23. The molecular formula is C22H29NO2. The van der Waals surface area contributed by atoms with Crippen LogP contribution < -0.4 is 10.1 Å². The van der Waals surface area contributed by atoms with Crippen molar-refractivity contribution in [3.8, 4) is 5.75 Å². The summed E-state index contributed by atoms with van der Waals surface area (Å²) in [5.41, 5.74) is 5.80. The number of nitrogens with one attached hydrogen (secondary N) is 1. The zero-order valence-electron chi connectivity index (χ0n) is 16.1. The largest absolute Gasteiger partial charge is 0.480 e. The number of hydrogen-bond acceptors (Lipinski definition) is 2. The lowest BCUT2D eigenvalue weighted by Crippen LogP contribution is -2.39. The Balaban J connectivity index is 2.10. The number of amides is 1. The van der Waals surface area contributed by atoms with Crippen LogP contribution >= 0.6 is 0 Å². The average Bonchev–Trinajstić information content (AvgIpc) is 2.55. The van der Waals surface area contributed by atoms with E-state index in [2.05, 4.69) is 37.4 Å². The van der Waals surface area contributed by atoms with E-state index in [1.807, 2.05) is 45.9 Å². The molecule has 2 atom stereocenters. The van der Waals surface area contributed by atoms with Gasteiger partial charge in [-0.15, -0.1) is 0 Å². The Morgan fingerprint density at radius 3 is 2.44 bits per heavy atom. The van der Waals surface area contributed by atoms with Gasteiger partial charge >= 0.3 is 0 Å². The van der Waals surface area contributed by atoms with Gasteiger partial charge in [0.05, 0.1) is 6.04 Å². The number of hydrogen-bond donors (Lipinski definition) is 1. The first-order valence-corrected chi connectivity index (χ1v) is 8.93. The van der Waals surface area contributed by atoms with Crippen LogP contribution in [-0.2, 0) is 4.79 Å². The lowest BCUT2D eigenvalue weighted by Gasteiger charge is -2.23. The van der Waals surface area contributed by atoms with Crippen LogP contribution in [0.25, 0.3) is 0 Å². The highest BCUT2D eigenvalue weighted by molar-refractivity contribution is 5.81. The fourth-order valence-electron chi connectivity index (χ4n) is 3.02. The van der Waals surface area contributed by atoms with Crippen molar-refractivity contribution in [2.45, 2.75) is 60.1 Å². The summed E-state index contributed by atoms with van der Waals surface area (Å²) >= 11 is 0. The fourth-order valence-corrected chi connectivity index (χ4v) is 3.02. The number of benzene rings is 2. The Bertz CT molecular complexity index is 752. The van der Waals surface area contributed by atoms with Crippen LogP contribution in [-0.4, -0.2) is 12.0 Å². The second-order valence-corrected chi connectivity index (χ2v) is 6.80. The van der Waals surface area contributed by atoms with Gasteiger partial charge in [-0.2, -0.15) is 0 Å². The van der Waals surface area contributed by atoms with E-state index >= 15 is 0 Å². The van der Waals surface area contributed by atoms with Gasteiger partial charge in [0.1, 0.15) is 5.75 Å². The van der Waals surface area contributed by atoms with Crippen LogP contribution in [0.3, 0.4) is 0 Å². The monoisotopic (exact) mass is 339 g/mol. The number of ether oxygens (including phenoxy) is 1. The van der Waals surface area contributed by atoms with E-state index in [0.29, 0.717) is 6.42 Å². The molecule has 3 nitrogen and oxygen atoms in total. The van der Waals surface area contributed by atoms with Gasteiger partial charge in [-0.05, 0) is 69.4 Å². The summed E-state index contributed by atoms with van der Waals surface area (Å²) in [7, 11) is 0. The van der Waals surface area contributed by atoms with Gasteiger partial charge in [0.2, 0.25) is 0 Å². The number of carbonyl (C=O) groups is 1. The van der Waals surface area contributed by atoms with E-state index < -0.39 is 6.10 Å². The Kier molecular flexibility index (Phi) is 6.24. The summed E-state index contributed by atoms with van der Waals surface area (Å²) in [5.74, 6) is 0.706. The summed E-state index contributed by atoms with van der Waals surface area (Å²) in [5, 5.41) is 3.10. The van der Waals surface area contributed by atoms with Gasteiger partial charge in [0.15, 0.2) is 6.10 Å². The highest BCUT2D eigenvalue weighted by atomic mass is 16.5. The van der Waals surface area contributed by atoms with E-state index in [1.54, 1.807) is 0 Å². The first-order chi connectivity index (χ1) is 11.8. The molecule has 1 N–H and O–H groups in total. The minimum atomic E-state index is -0.492. The van der Waals surface area contributed by atoms with Gasteiger partial charge in [0.25, 0.3) is 5.91 Å². The third kappa shape index (κ3) is 4.62. The summed E-state index contributed by atoms with van der Waals surface area (Å²) in [6.07, 6.45) is 0.132. The third-order valence-electron chi connectivity index (χ3n) is 4.74. The highest BCUT2D eigenvalue weighted by Gasteiger charge is 2.22. The number of aryl methyl sites for hydroxylation is 3. The Morgan fingerprint density at radius 2 is 1.80 bits per heavy atom. The van der Waals surface area contributed by atoms with Crippen molar-refractivity contribution < 1.29 is 9.53 Å². The minimum absolute atomic E-state index is 0.0515. The van der Waals surface area contributed by atoms with Crippen LogP contribution in [0, 0.1) is 27.7 Å². The van der Waals surface area contributed by atoms with E-state index in [4.69, 9.17) is 4.74 Å². The molecule has 0 fully saturated rings. The van der Waals surface area contributed by atoms with Crippen LogP contribution in [0.2, 0.25) is 0 Å². The molecular weight excluding hydrogens is 310 g/mol. The third-order valence-corrected chi connectivity index (χ3v) is 4.74. The van der Waals surface area contributed by atoms with Gasteiger partial charge < -0.3 is 10.1 Å². The SMILES string of the molecule is CC[C@H](Oc1cccc(C)c1C)C(=O)N[C@@H](C)c1ccc(C)cc1C. The predicted octanol–water partition coefficient (Wildman–Crippen LogP) is 4.96. The van der Waals surface area contributed by atoms with E-state index in [1.165, 1.54) is 11.1 Å². The van der Waals surface area contributed by atoms with Crippen molar-refractivity contribution >= 4 is 5.91 Å².